The third kappa shape index (κ3) is 6.04. The monoisotopic (exact) mass is 545 g/mol. The molecule has 1 unspecified atom stereocenters. The molecule has 1 atom stereocenters. The van der Waals surface area contributed by atoms with Gasteiger partial charge in [0.15, 0.2) is 0 Å². The van der Waals surface area contributed by atoms with E-state index in [-0.39, 0.29) is 17.5 Å². The van der Waals surface area contributed by atoms with E-state index in [0.29, 0.717) is 42.6 Å². The van der Waals surface area contributed by atoms with Crippen LogP contribution in [0.3, 0.4) is 0 Å². The fraction of sp³-hybridized carbons (Fsp3) is 0.333. The molecule has 1 fully saturated rings. The minimum Gasteiger partial charge on any atom is -0.467 e. The Balaban J connectivity index is 1.41. The van der Waals surface area contributed by atoms with Crippen molar-refractivity contribution in [2.45, 2.75) is 37.9 Å². The molecule has 1 saturated heterocycles. The van der Waals surface area contributed by atoms with Gasteiger partial charge in [0.05, 0.1) is 17.7 Å². The van der Waals surface area contributed by atoms with Crippen LogP contribution in [0.4, 0.5) is 13.2 Å². The van der Waals surface area contributed by atoms with E-state index in [1.807, 2.05) is 0 Å². The molecule has 3 aromatic rings. The van der Waals surface area contributed by atoms with Gasteiger partial charge in [0.1, 0.15) is 11.7 Å². The molecule has 0 radical (unpaired) electrons. The van der Waals surface area contributed by atoms with Crippen molar-refractivity contribution in [2.75, 3.05) is 20.2 Å². The van der Waals surface area contributed by atoms with Crippen LogP contribution in [0.2, 0.25) is 0 Å². The topological polar surface area (TPSA) is 88.6 Å². The first-order valence-corrected chi connectivity index (χ1v) is 12.9. The maximum atomic E-state index is 13.4. The number of alkyl halides is 3. The second kappa shape index (κ2) is 11.3. The number of thiazole rings is 1. The van der Waals surface area contributed by atoms with Gasteiger partial charge >= 0.3 is 12.1 Å². The summed E-state index contributed by atoms with van der Waals surface area (Å²) in [6, 6.07) is 10.9. The minimum atomic E-state index is -4.43. The van der Waals surface area contributed by atoms with Crippen LogP contribution in [0.25, 0.3) is 11.1 Å². The lowest BCUT2D eigenvalue weighted by molar-refractivity contribution is -0.142. The summed E-state index contributed by atoms with van der Waals surface area (Å²) < 4.78 is 43.5. The molecular formula is C27H26F3N3O4S. The Morgan fingerprint density at radius 1 is 1.08 bits per heavy atom. The number of rotatable bonds is 6. The second-order valence-corrected chi connectivity index (χ2v) is 9.87. The van der Waals surface area contributed by atoms with Crippen molar-refractivity contribution in [2.24, 2.45) is 0 Å². The van der Waals surface area contributed by atoms with Crippen LogP contribution in [0.5, 0.6) is 0 Å². The van der Waals surface area contributed by atoms with Gasteiger partial charge in [0, 0.05) is 30.0 Å². The SMILES string of the molecule is COC(=O)C(C)NC(=O)c1csc(C2CCN(C(=O)c3ccccc3-c3ccc(C(F)(F)F)cc3)CC2)n1. The molecule has 200 valence electrons. The molecule has 11 heteroatoms. The number of nitrogens with one attached hydrogen (secondary N) is 1. The van der Waals surface area contributed by atoms with E-state index in [2.05, 4.69) is 15.0 Å². The fourth-order valence-electron chi connectivity index (χ4n) is 4.35. The van der Waals surface area contributed by atoms with Crippen LogP contribution in [-0.4, -0.2) is 53.9 Å². The molecule has 4 rings (SSSR count). The van der Waals surface area contributed by atoms with Crippen molar-refractivity contribution < 1.29 is 32.3 Å². The molecule has 1 aliphatic heterocycles. The molecule has 7 nitrogen and oxygen atoms in total. The Hall–Kier alpha value is -3.73. The molecular weight excluding hydrogens is 519 g/mol. The summed E-state index contributed by atoms with van der Waals surface area (Å²) >= 11 is 1.36. The van der Waals surface area contributed by atoms with E-state index in [1.165, 1.54) is 37.5 Å². The lowest BCUT2D eigenvalue weighted by atomic mass is 9.94. The summed E-state index contributed by atoms with van der Waals surface area (Å²) in [7, 11) is 1.25. The smallest absolute Gasteiger partial charge is 0.416 e. The highest BCUT2D eigenvalue weighted by atomic mass is 32.1. The Morgan fingerprint density at radius 3 is 2.37 bits per heavy atom. The highest BCUT2D eigenvalue weighted by Gasteiger charge is 2.31. The average molecular weight is 546 g/mol. The fourth-order valence-corrected chi connectivity index (χ4v) is 5.32. The number of nitrogens with zero attached hydrogens (tertiary/aromatic N) is 2. The van der Waals surface area contributed by atoms with E-state index >= 15 is 0 Å². The zero-order valence-electron chi connectivity index (χ0n) is 20.7. The number of hydrogen-bond acceptors (Lipinski definition) is 6. The number of aromatic nitrogens is 1. The van der Waals surface area contributed by atoms with Crippen molar-refractivity contribution in [3.05, 3.63) is 75.7 Å². The predicted octanol–water partition coefficient (Wildman–Crippen LogP) is 5.14. The van der Waals surface area contributed by atoms with E-state index < -0.39 is 29.7 Å². The quantitative estimate of drug-likeness (QED) is 0.434. The van der Waals surface area contributed by atoms with Crippen LogP contribution < -0.4 is 5.32 Å². The summed E-state index contributed by atoms with van der Waals surface area (Å²) in [5.74, 6) is -1.12. The van der Waals surface area contributed by atoms with Crippen LogP contribution in [0, 0.1) is 0 Å². The number of ether oxygens (including phenoxy) is 1. The van der Waals surface area contributed by atoms with Gasteiger partial charge in [-0.2, -0.15) is 13.2 Å². The number of hydrogen-bond donors (Lipinski definition) is 1. The van der Waals surface area contributed by atoms with Crippen LogP contribution in [-0.2, 0) is 15.7 Å². The summed E-state index contributed by atoms with van der Waals surface area (Å²) in [5, 5.41) is 4.99. The van der Waals surface area contributed by atoms with Gasteiger partial charge in [-0.25, -0.2) is 9.78 Å². The average Bonchev–Trinajstić information content (AvgIpc) is 3.42. The van der Waals surface area contributed by atoms with Crippen LogP contribution >= 0.6 is 11.3 Å². The third-order valence-corrected chi connectivity index (χ3v) is 7.48. The van der Waals surface area contributed by atoms with Gasteiger partial charge in [0.25, 0.3) is 11.8 Å². The first-order valence-electron chi connectivity index (χ1n) is 12.0. The Morgan fingerprint density at radius 2 is 1.74 bits per heavy atom. The highest BCUT2D eigenvalue weighted by Crippen LogP contribution is 2.34. The molecule has 2 aromatic carbocycles. The van der Waals surface area contributed by atoms with Crippen molar-refractivity contribution in [3.63, 3.8) is 0 Å². The number of piperidine rings is 1. The molecule has 1 aromatic heterocycles. The van der Waals surface area contributed by atoms with Gasteiger partial charge < -0.3 is 15.0 Å². The first kappa shape index (κ1) is 27.3. The Kier molecular flexibility index (Phi) is 8.15. The molecule has 2 heterocycles. The van der Waals surface area contributed by atoms with Crippen molar-refractivity contribution in [1.82, 2.24) is 15.2 Å². The van der Waals surface area contributed by atoms with Gasteiger partial charge in [-0.05, 0) is 49.1 Å². The van der Waals surface area contributed by atoms with Gasteiger partial charge in [0.2, 0.25) is 0 Å². The Bertz CT molecular complexity index is 1320. The number of methoxy groups -OCH3 is 1. The van der Waals surface area contributed by atoms with Crippen molar-refractivity contribution in [3.8, 4) is 11.1 Å². The minimum absolute atomic E-state index is 0.0776. The Labute approximate surface area is 221 Å². The zero-order chi connectivity index (χ0) is 27.4. The molecule has 38 heavy (non-hydrogen) atoms. The molecule has 0 saturated carbocycles. The normalized spacial score (nSPS) is 15.1. The molecule has 0 spiro atoms. The summed E-state index contributed by atoms with van der Waals surface area (Å²) in [4.78, 5) is 43.5. The van der Waals surface area contributed by atoms with Crippen molar-refractivity contribution in [1.29, 1.82) is 0 Å². The number of esters is 1. The third-order valence-electron chi connectivity index (χ3n) is 6.47. The second-order valence-electron chi connectivity index (χ2n) is 8.98. The molecule has 0 bridgehead atoms. The number of amides is 2. The van der Waals surface area contributed by atoms with E-state index in [4.69, 9.17) is 0 Å². The van der Waals surface area contributed by atoms with E-state index in [9.17, 15) is 27.6 Å². The standard InChI is InChI=1S/C27H26F3N3O4S/c1-16(26(36)37-2)31-23(34)22-15-38-24(32-22)18-11-13-33(14-12-18)25(35)21-6-4-3-5-20(21)17-7-9-19(10-8-17)27(28,29)30/h3-10,15-16,18H,11-14H2,1-2H3,(H,31,34). The van der Waals surface area contributed by atoms with Gasteiger partial charge in [-0.1, -0.05) is 30.3 Å². The molecule has 0 aliphatic carbocycles. The number of benzene rings is 2. The summed E-state index contributed by atoms with van der Waals surface area (Å²) in [6.45, 7) is 2.48. The number of carbonyl (C=O) groups excluding carboxylic acids is 3. The van der Waals surface area contributed by atoms with Gasteiger partial charge in [-0.3, -0.25) is 9.59 Å². The molecule has 2 amide bonds. The van der Waals surface area contributed by atoms with E-state index in [0.717, 1.165) is 17.1 Å². The zero-order valence-corrected chi connectivity index (χ0v) is 21.6. The summed E-state index contributed by atoms with van der Waals surface area (Å²) in [5.41, 5.74) is 1.02. The van der Waals surface area contributed by atoms with E-state index in [1.54, 1.807) is 34.5 Å². The lowest BCUT2D eigenvalue weighted by Gasteiger charge is -2.31. The first-order chi connectivity index (χ1) is 18.1. The van der Waals surface area contributed by atoms with Crippen LogP contribution in [0.1, 0.15) is 57.1 Å². The number of halogens is 3. The van der Waals surface area contributed by atoms with Crippen LogP contribution in [0.15, 0.2) is 53.9 Å². The van der Waals surface area contributed by atoms with Gasteiger partial charge in [-0.15, -0.1) is 11.3 Å². The molecule has 1 aliphatic rings. The maximum absolute atomic E-state index is 13.4. The summed E-state index contributed by atoms with van der Waals surface area (Å²) in [6.07, 6.45) is -3.12. The number of carbonyl (C=O) groups is 3. The number of likely N-dealkylation sites (tertiary alicyclic amines) is 1. The predicted molar refractivity (Wildman–Crippen MR) is 136 cm³/mol. The lowest BCUT2D eigenvalue weighted by Crippen LogP contribution is -2.39. The largest absolute Gasteiger partial charge is 0.467 e. The van der Waals surface area contributed by atoms with Crippen molar-refractivity contribution >= 4 is 29.1 Å². The molecule has 1 N–H and O–H groups in total. The maximum Gasteiger partial charge on any atom is 0.416 e. The highest BCUT2D eigenvalue weighted by molar-refractivity contribution is 7.09.